The Labute approximate surface area is 150 Å². The van der Waals surface area contributed by atoms with Gasteiger partial charge < -0.3 is 15.1 Å². The van der Waals surface area contributed by atoms with Crippen molar-refractivity contribution in [3.05, 3.63) is 46.4 Å². The molecule has 0 atom stereocenters. The average molecular weight is 390 g/mol. The Morgan fingerprint density at radius 2 is 1.79 bits per heavy atom. The zero-order chi connectivity index (χ0) is 16.9. The minimum Gasteiger partial charge on any atom is -0.353 e. The number of anilines is 2. The number of hydrogen-bond donors (Lipinski definition) is 1. The van der Waals surface area contributed by atoms with Crippen molar-refractivity contribution in [1.82, 2.24) is 15.1 Å². The molecule has 1 amide bonds. The van der Waals surface area contributed by atoms with Crippen molar-refractivity contribution in [2.75, 3.05) is 42.9 Å². The van der Waals surface area contributed by atoms with Gasteiger partial charge in [0.2, 0.25) is 0 Å². The number of rotatable bonds is 4. The summed E-state index contributed by atoms with van der Waals surface area (Å²) in [5.74, 6) is 1.12. The van der Waals surface area contributed by atoms with Crippen molar-refractivity contribution < 1.29 is 4.79 Å². The molecule has 1 aliphatic rings. The number of halogens is 1. The van der Waals surface area contributed by atoms with Crippen LogP contribution in [0.15, 0.2) is 40.9 Å². The zero-order valence-electron chi connectivity index (χ0n) is 13.6. The fourth-order valence-corrected chi connectivity index (χ4v) is 2.91. The molecule has 126 valence electrons. The monoisotopic (exact) mass is 389 g/mol. The van der Waals surface area contributed by atoms with Crippen LogP contribution in [0.2, 0.25) is 0 Å². The number of nitrogens with zero attached hydrogens (tertiary/aromatic N) is 4. The van der Waals surface area contributed by atoms with Gasteiger partial charge in [0.15, 0.2) is 11.6 Å². The van der Waals surface area contributed by atoms with E-state index in [1.807, 2.05) is 18.2 Å². The van der Waals surface area contributed by atoms with Crippen molar-refractivity contribution in [1.29, 1.82) is 0 Å². The summed E-state index contributed by atoms with van der Waals surface area (Å²) in [6.07, 6.45) is 0. The van der Waals surface area contributed by atoms with E-state index in [9.17, 15) is 4.79 Å². The Kier molecular flexibility index (Phi) is 5.42. The summed E-state index contributed by atoms with van der Waals surface area (Å²) < 4.78 is 0.936. The second kappa shape index (κ2) is 7.72. The maximum atomic E-state index is 12.2. The normalized spacial score (nSPS) is 15.3. The first kappa shape index (κ1) is 16.9. The number of amides is 1. The summed E-state index contributed by atoms with van der Waals surface area (Å²) in [7, 11) is 0. The van der Waals surface area contributed by atoms with Gasteiger partial charge in [0, 0.05) is 36.2 Å². The Morgan fingerprint density at radius 1 is 1.08 bits per heavy atom. The molecule has 1 N–H and O–H groups in total. The molecule has 6 nitrogen and oxygen atoms in total. The lowest BCUT2D eigenvalue weighted by Gasteiger charge is -2.34. The number of benzene rings is 1. The smallest absolute Gasteiger partial charge is 0.256 e. The Hall–Kier alpha value is -1.99. The highest BCUT2D eigenvalue weighted by molar-refractivity contribution is 9.10. The minimum atomic E-state index is -0.193. The summed E-state index contributed by atoms with van der Waals surface area (Å²) in [6, 6.07) is 10.9. The van der Waals surface area contributed by atoms with Crippen LogP contribution in [0.25, 0.3) is 0 Å². The van der Waals surface area contributed by atoms with Crippen LogP contribution in [-0.2, 0) is 0 Å². The molecule has 0 aliphatic carbocycles. The van der Waals surface area contributed by atoms with Crippen molar-refractivity contribution >= 4 is 33.5 Å². The Morgan fingerprint density at radius 3 is 2.38 bits per heavy atom. The first-order valence-electron chi connectivity index (χ1n) is 8.03. The van der Waals surface area contributed by atoms with Crippen molar-refractivity contribution in [3.8, 4) is 0 Å². The summed E-state index contributed by atoms with van der Waals surface area (Å²) in [4.78, 5) is 16.8. The number of nitrogens with one attached hydrogen (secondary N) is 1. The van der Waals surface area contributed by atoms with E-state index in [1.54, 1.807) is 18.2 Å². The summed E-state index contributed by atoms with van der Waals surface area (Å²) in [6.45, 7) is 7.25. The van der Waals surface area contributed by atoms with Crippen LogP contribution >= 0.6 is 15.9 Å². The maximum absolute atomic E-state index is 12.2. The molecule has 7 heteroatoms. The van der Waals surface area contributed by atoms with E-state index >= 15 is 0 Å². The molecule has 24 heavy (non-hydrogen) atoms. The lowest BCUT2D eigenvalue weighted by Crippen LogP contribution is -2.46. The van der Waals surface area contributed by atoms with Crippen molar-refractivity contribution in [3.63, 3.8) is 0 Å². The molecular weight excluding hydrogens is 370 g/mol. The second-order valence-electron chi connectivity index (χ2n) is 5.66. The molecule has 0 spiro atoms. The molecule has 0 bridgehead atoms. The predicted octanol–water partition coefficient (Wildman–Crippen LogP) is 2.63. The topological polar surface area (TPSA) is 61.4 Å². The number of hydrogen-bond acceptors (Lipinski definition) is 5. The first-order valence-corrected chi connectivity index (χ1v) is 8.83. The SMILES string of the molecule is CCN1CCN(c2ccc(NC(=O)c3ccc(Br)cc3)nn2)CC1. The van der Waals surface area contributed by atoms with Gasteiger partial charge in [0.1, 0.15) is 0 Å². The van der Waals surface area contributed by atoms with E-state index in [-0.39, 0.29) is 5.91 Å². The van der Waals surface area contributed by atoms with Crippen LogP contribution < -0.4 is 10.2 Å². The van der Waals surface area contributed by atoms with Gasteiger partial charge in [-0.25, -0.2) is 0 Å². The first-order chi connectivity index (χ1) is 11.7. The van der Waals surface area contributed by atoms with Crippen LogP contribution in [0, 0.1) is 0 Å². The third-order valence-electron chi connectivity index (χ3n) is 4.14. The number of likely N-dealkylation sites (N-methyl/N-ethyl adjacent to an activating group) is 1. The summed E-state index contributed by atoms with van der Waals surface area (Å²) in [5, 5.41) is 11.1. The van der Waals surface area contributed by atoms with Gasteiger partial charge in [0.05, 0.1) is 0 Å². The van der Waals surface area contributed by atoms with Gasteiger partial charge in [-0.3, -0.25) is 4.79 Å². The van der Waals surface area contributed by atoms with Gasteiger partial charge in [0.25, 0.3) is 5.91 Å². The van der Waals surface area contributed by atoms with Gasteiger partial charge in [-0.1, -0.05) is 22.9 Å². The van der Waals surface area contributed by atoms with Gasteiger partial charge in [-0.05, 0) is 42.9 Å². The highest BCUT2D eigenvalue weighted by atomic mass is 79.9. The van der Waals surface area contributed by atoms with E-state index in [1.165, 1.54) is 0 Å². The molecule has 3 rings (SSSR count). The largest absolute Gasteiger partial charge is 0.353 e. The molecule has 1 saturated heterocycles. The van der Waals surface area contributed by atoms with E-state index < -0.39 is 0 Å². The van der Waals surface area contributed by atoms with Crippen LogP contribution in [0.1, 0.15) is 17.3 Å². The summed E-state index contributed by atoms with van der Waals surface area (Å²) in [5.41, 5.74) is 0.583. The molecule has 2 heterocycles. The molecule has 2 aromatic rings. The molecule has 0 saturated carbocycles. The second-order valence-corrected chi connectivity index (χ2v) is 6.57. The average Bonchev–Trinajstić information content (AvgIpc) is 2.63. The molecule has 1 aromatic heterocycles. The summed E-state index contributed by atoms with van der Waals surface area (Å²) >= 11 is 3.35. The molecule has 0 radical (unpaired) electrons. The minimum absolute atomic E-state index is 0.193. The van der Waals surface area contributed by atoms with Gasteiger partial charge in [-0.2, -0.15) is 0 Å². The quantitative estimate of drug-likeness (QED) is 0.870. The third kappa shape index (κ3) is 4.10. The van der Waals surface area contributed by atoms with Crippen LogP contribution in [-0.4, -0.2) is 53.7 Å². The molecular formula is C17H20BrN5O. The Bertz CT molecular complexity index is 681. The fourth-order valence-electron chi connectivity index (χ4n) is 2.64. The number of carbonyl (C=O) groups excluding carboxylic acids is 1. The van der Waals surface area contributed by atoms with E-state index in [4.69, 9.17) is 0 Å². The number of piperazine rings is 1. The fraction of sp³-hybridized carbons (Fsp3) is 0.353. The van der Waals surface area contributed by atoms with Crippen LogP contribution in [0.5, 0.6) is 0 Å². The number of carbonyl (C=O) groups is 1. The Balaban J connectivity index is 1.60. The van der Waals surface area contributed by atoms with Gasteiger partial charge >= 0.3 is 0 Å². The number of aromatic nitrogens is 2. The lowest BCUT2D eigenvalue weighted by molar-refractivity contribution is 0.102. The van der Waals surface area contributed by atoms with E-state index in [0.717, 1.165) is 43.0 Å². The third-order valence-corrected chi connectivity index (χ3v) is 4.67. The maximum Gasteiger partial charge on any atom is 0.256 e. The standard InChI is InChI=1S/C17H20BrN5O/c1-2-22-9-11-23(12-10-22)16-8-7-15(20-21-16)19-17(24)13-3-5-14(18)6-4-13/h3-8H,2,9-12H2,1H3,(H,19,20,24). The lowest BCUT2D eigenvalue weighted by atomic mass is 10.2. The highest BCUT2D eigenvalue weighted by Gasteiger charge is 2.17. The van der Waals surface area contributed by atoms with E-state index in [2.05, 4.69) is 48.2 Å². The molecule has 1 aromatic carbocycles. The van der Waals surface area contributed by atoms with Crippen LogP contribution in [0.3, 0.4) is 0 Å². The van der Waals surface area contributed by atoms with Crippen molar-refractivity contribution in [2.24, 2.45) is 0 Å². The molecule has 1 fully saturated rings. The molecule has 1 aliphatic heterocycles. The van der Waals surface area contributed by atoms with Gasteiger partial charge in [-0.15, -0.1) is 10.2 Å². The van der Waals surface area contributed by atoms with Crippen molar-refractivity contribution in [2.45, 2.75) is 6.92 Å². The zero-order valence-corrected chi connectivity index (χ0v) is 15.2. The predicted molar refractivity (Wildman–Crippen MR) is 98.5 cm³/mol. The van der Waals surface area contributed by atoms with Crippen LogP contribution in [0.4, 0.5) is 11.6 Å². The molecule has 0 unspecified atom stereocenters. The highest BCUT2D eigenvalue weighted by Crippen LogP contribution is 2.15. The van der Waals surface area contributed by atoms with E-state index in [0.29, 0.717) is 11.4 Å².